The molecule has 12 heteroatoms. The lowest BCUT2D eigenvalue weighted by molar-refractivity contribution is -0.119. The molecule has 7 nitrogen and oxygen atoms in total. The third kappa shape index (κ3) is 3.87. The molecule has 1 N–H and O–H groups in total. The first-order chi connectivity index (χ1) is 13.0. The van der Waals surface area contributed by atoms with Crippen molar-refractivity contribution >= 4 is 54.0 Å². The van der Waals surface area contributed by atoms with Crippen LogP contribution in [0.2, 0.25) is 5.02 Å². The van der Waals surface area contributed by atoms with E-state index < -0.39 is 33.9 Å². The van der Waals surface area contributed by atoms with Crippen LogP contribution in [0.1, 0.15) is 30.8 Å². The van der Waals surface area contributed by atoms with Gasteiger partial charge in [0.1, 0.15) is 11.7 Å². The Bertz CT molecular complexity index is 1170. The van der Waals surface area contributed by atoms with Crippen molar-refractivity contribution in [1.29, 1.82) is 0 Å². The van der Waals surface area contributed by atoms with Crippen molar-refractivity contribution in [2.75, 3.05) is 11.6 Å². The Balaban J connectivity index is 1.85. The van der Waals surface area contributed by atoms with Crippen LogP contribution in [0, 0.1) is 6.92 Å². The number of anilines is 1. The lowest BCUT2D eigenvalue weighted by Crippen LogP contribution is -2.25. The highest BCUT2D eigenvalue weighted by atomic mass is 35.5. The highest BCUT2D eigenvalue weighted by molar-refractivity contribution is 7.90. The van der Waals surface area contributed by atoms with Crippen molar-refractivity contribution in [3.8, 4) is 0 Å². The Morgan fingerprint density at radius 3 is 2.61 bits per heavy atom. The zero-order valence-corrected chi connectivity index (χ0v) is 17.3. The van der Waals surface area contributed by atoms with Crippen molar-refractivity contribution in [3.63, 3.8) is 0 Å². The van der Waals surface area contributed by atoms with Crippen molar-refractivity contribution in [2.45, 2.75) is 31.2 Å². The first-order valence-corrected chi connectivity index (χ1v) is 11.0. The lowest BCUT2D eigenvalue weighted by atomic mass is 10.3. The molecule has 0 aliphatic carbocycles. The molecule has 2 aromatic heterocycles. The number of carbonyl (C=O) groups is 1. The lowest BCUT2D eigenvalue weighted by Gasteiger charge is -2.13. The number of hydrogen-bond acceptors (Lipinski definition) is 6. The fourth-order valence-corrected chi connectivity index (χ4v) is 4.38. The highest BCUT2D eigenvalue weighted by Crippen LogP contribution is 2.31. The van der Waals surface area contributed by atoms with Gasteiger partial charge in [-0.2, -0.15) is 5.10 Å². The molecule has 0 fully saturated rings. The first-order valence-electron chi connectivity index (χ1n) is 7.93. The van der Waals surface area contributed by atoms with Gasteiger partial charge in [0.15, 0.2) is 15.0 Å². The molecule has 0 bridgehead atoms. The minimum absolute atomic E-state index is 0.149. The molecule has 3 rings (SSSR count). The molecule has 0 spiro atoms. The molecule has 0 aliphatic rings. The Kier molecular flexibility index (Phi) is 5.43. The number of aromatic nitrogens is 3. The third-order valence-electron chi connectivity index (χ3n) is 4.07. The second kappa shape index (κ2) is 7.37. The maximum absolute atomic E-state index is 13.0. The average molecular weight is 449 g/mol. The second-order valence-electron chi connectivity index (χ2n) is 6.12. The molecule has 0 saturated carbocycles. The summed E-state index contributed by atoms with van der Waals surface area (Å²) in [5.41, 5.74) is 0.201. The summed E-state index contributed by atoms with van der Waals surface area (Å²) in [5.74, 6) is -0.523. The van der Waals surface area contributed by atoms with Gasteiger partial charge in [-0.25, -0.2) is 22.2 Å². The number of nitrogens with zero attached hydrogens (tertiary/aromatic N) is 3. The predicted molar refractivity (Wildman–Crippen MR) is 103 cm³/mol. The van der Waals surface area contributed by atoms with Crippen LogP contribution in [0.4, 0.5) is 13.9 Å². The Morgan fingerprint density at radius 1 is 1.36 bits per heavy atom. The Hall–Kier alpha value is -2.11. The van der Waals surface area contributed by atoms with Crippen LogP contribution in [0.15, 0.2) is 23.1 Å². The molecule has 2 heterocycles. The van der Waals surface area contributed by atoms with Crippen LogP contribution in [-0.2, 0) is 14.6 Å². The van der Waals surface area contributed by atoms with Gasteiger partial charge in [0.25, 0.3) is 12.3 Å². The molecular formula is C16H15ClF2N4O3S2. The number of halogens is 3. The third-order valence-corrected chi connectivity index (χ3v) is 6.58. The predicted octanol–water partition coefficient (Wildman–Crippen LogP) is 4.00. The number of nitrogens with one attached hydrogen (secondary N) is 1. The summed E-state index contributed by atoms with van der Waals surface area (Å²) in [6.45, 7) is 2.99. The van der Waals surface area contributed by atoms with E-state index in [1.165, 1.54) is 26.0 Å². The quantitative estimate of drug-likeness (QED) is 0.636. The molecule has 1 atom stereocenters. The molecule has 0 radical (unpaired) electrons. The maximum Gasteiger partial charge on any atom is 0.283 e. The molecule has 1 amide bonds. The fourth-order valence-electron chi connectivity index (χ4n) is 2.55. The van der Waals surface area contributed by atoms with Gasteiger partial charge in [0.2, 0.25) is 0 Å². The smallest absolute Gasteiger partial charge is 0.283 e. The van der Waals surface area contributed by atoms with E-state index in [0.717, 1.165) is 22.3 Å². The van der Waals surface area contributed by atoms with Gasteiger partial charge in [-0.15, -0.1) is 0 Å². The van der Waals surface area contributed by atoms with Crippen LogP contribution in [0.3, 0.4) is 0 Å². The van der Waals surface area contributed by atoms with E-state index in [2.05, 4.69) is 15.4 Å². The van der Waals surface area contributed by atoms with Crippen LogP contribution in [0.5, 0.6) is 0 Å². The van der Waals surface area contributed by atoms with E-state index in [4.69, 9.17) is 11.6 Å². The number of thiazole rings is 1. The molecule has 28 heavy (non-hydrogen) atoms. The molecular weight excluding hydrogens is 434 g/mol. The number of amides is 1. The molecule has 150 valence electrons. The number of rotatable bonds is 5. The summed E-state index contributed by atoms with van der Waals surface area (Å²) >= 11 is 6.97. The monoisotopic (exact) mass is 448 g/mol. The molecule has 0 saturated heterocycles. The van der Waals surface area contributed by atoms with E-state index >= 15 is 0 Å². The molecule has 0 unspecified atom stereocenters. The van der Waals surface area contributed by atoms with E-state index in [1.54, 1.807) is 6.07 Å². The number of alkyl halides is 2. The maximum atomic E-state index is 13.0. The van der Waals surface area contributed by atoms with Crippen LogP contribution in [-0.4, -0.2) is 35.3 Å². The zero-order chi connectivity index (χ0) is 20.8. The summed E-state index contributed by atoms with van der Waals surface area (Å²) in [7, 11) is -3.36. The van der Waals surface area contributed by atoms with Crippen LogP contribution < -0.4 is 5.32 Å². The summed E-state index contributed by atoms with van der Waals surface area (Å²) < 4.78 is 50.9. The molecule has 3 aromatic rings. The molecule has 1 aromatic carbocycles. The number of carbonyl (C=O) groups excluding carboxylic acids is 1. The van der Waals surface area contributed by atoms with E-state index in [1.807, 2.05) is 0 Å². The van der Waals surface area contributed by atoms with Gasteiger partial charge in [0.05, 0.1) is 25.8 Å². The van der Waals surface area contributed by atoms with Gasteiger partial charge >= 0.3 is 0 Å². The van der Waals surface area contributed by atoms with Crippen LogP contribution in [0.25, 0.3) is 10.2 Å². The summed E-state index contributed by atoms with van der Waals surface area (Å²) in [6.07, 6.45) is -1.75. The van der Waals surface area contributed by atoms with Gasteiger partial charge in [-0.3, -0.25) is 9.48 Å². The number of sulfone groups is 1. The number of hydrogen-bond donors (Lipinski definition) is 1. The SMILES string of the molecule is Cc1c(Cl)c(C(F)F)nn1[C@H](C)C(=O)Nc1nc2ccc(S(C)(=O)=O)cc2s1. The van der Waals surface area contributed by atoms with Crippen molar-refractivity contribution in [2.24, 2.45) is 0 Å². The number of benzene rings is 1. The highest BCUT2D eigenvalue weighted by Gasteiger charge is 2.26. The normalized spacial score (nSPS) is 13.2. The minimum Gasteiger partial charge on any atom is -0.300 e. The topological polar surface area (TPSA) is 93.9 Å². The second-order valence-corrected chi connectivity index (χ2v) is 9.54. The first kappa shape index (κ1) is 20.6. The number of fused-ring (bicyclic) bond motifs is 1. The zero-order valence-electron chi connectivity index (χ0n) is 14.9. The fraction of sp³-hybridized carbons (Fsp3) is 0.312. The summed E-state index contributed by atoms with van der Waals surface area (Å²) in [5, 5.41) is 6.42. The van der Waals surface area contributed by atoms with Crippen molar-refractivity contribution in [3.05, 3.63) is 34.6 Å². The summed E-state index contributed by atoms with van der Waals surface area (Å²) in [4.78, 5) is 16.9. The Morgan fingerprint density at radius 2 is 2.04 bits per heavy atom. The van der Waals surface area contributed by atoms with E-state index in [9.17, 15) is 22.0 Å². The van der Waals surface area contributed by atoms with Gasteiger partial charge in [-0.1, -0.05) is 22.9 Å². The van der Waals surface area contributed by atoms with Crippen molar-refractivity contribution in [1.82, 2.24) is 14.8 Å². The Labute approximate surface area is 168 Å². The largest absolute Gasteiger partial charge is 0.300 e. The molecule has 0 aliphatic heterocycles. The standard InChI is InChI=1S/C16H15ClF2N4O3S2/c1-7-12(17)13(14(18)19)22-23(7)8(2)15(24)21-16-20-10-5-4-9(28(3,25)26)6-11(10)27-16/h4-6,8,14H,1-3H3,(H,20,21,24)/t8-/m1/s1. The van der Waals surface area contributed by atoms with Gasteiger partial charge in [-0.05, 0) is 32.0 Å². The van der Waals surface area contributed by atoms with Gasteiger partial charge < -0.3 is 5.32 Å². The van der Waals surface area contributed by atoms with E-state index in [0.29, 0.717) is 10.2 Å². The average Bonchev–Trinajstić information content (AvgIpc) is 3.13. The van der Waals surface area contributed by atoms with E-state index in [-0.39, 0.29) is 20.7 Å². The van der Waals surface area contributed by atoms with Gasteiger partial charge in [0, 0.05) is 6.26 Å². The minimum atomic E-state index is -3.36. The van der Waals surface area contributed by atoms with Crippen molar-refractivity contribution < 1.29 is 22.0 Å². The van der Waals surface area contributed by atoms with Crippen LogP contribution >= 0.6 is 22.9 Å². The summed E-state index contributed by atoms with van der Waals surface area (Å²) in [6, 6.07) is 3.55.